The van der Waals surface area contributed by atoms with Crippen molar-refractivity contribution in [3.05, 3.63) is 35.9 Å². The molecule has 1 aromatic rings. The summed E-state index contributed by atoms with van der Waals surface area (Å²) in [5.74, 6) is 0. The summed E-state index contributed by atoms with van der Waals surface area (Å²) in [5, 5.41) is 10.5. The predicted molar refractivity (Wildman–Crippen MR) is 61.1 cm³/mol. The monoisotopic (exact) mass is 199 g/mol. The number of hydrazine groups is 1. The van der Waals surface area contributed by atoms with Crippen LogP contribution in [0.4, 0.5) is 5.69 Å². The molecule has 0 bridgehead atoms. The summed E-state index contributed by atoms with van der Waals surface area (Å²) in [6.07, 6.45) is 4.77. The van der Waals surface area contributed by atoms with Crippen LogP contribution in [0.3, 0.4) is 0 Å². The zero-order valence-corrected chi connectivity index (χ0v) is 8.48. The maximum absolute atomic E-state index is 8.47. The Morgan fingerprint density at radius 3 is 3.13 bits per heavy atom. The highest BCUT2D eigenvalue weighted by Gasteiger charge is 2.10. The second-order valence-corrected chi connectivity index (χ2v) is 3.39. The molecule has 3 nitrogen and oxygen atoms in total. The highest BCUT2D eigenvalue weighted by Crippen LogP contribution is 2.23. The lowest BCUT2D eigenvalue weighted by molar-refractivity contribution is 0.657. The predicted octanol–water partition coefficient (Wildman–Crippen LogP) is 1.94. The van der Waals surface area contributed by atoms with E-state index in [1.54, 1.807) is 0 Å². The normalized spacial score (nSPS) is 13.4. The molecule has 3 heteroatoms. The van der Waals surface area contributed by atoms with E-state index in [4.69, 9.17) is 5.26 Å². The van der Waals surface area contributed by atoms with Crippen LogP contribution < -0.4 is 10.4 Å². The number of rotatable bonds is 3. The minimum absolute atomic E-state index is 0.530. The van der Waals surface area contributed by atoms with Crippen molar-refractivity contribution in [1.29, 1.82) is 5.26 Å². The number of nitrogens with one attached hydrogen (secondary N) is 1. The molecule has 0 aliphatic carbocycles. The molecule has 0 aromatic heterocycles. The molecule has 1 aromatic carbocycles. The van der Waals surface area contributed by atoms with Gasteiger partial charge in [-0.05, 0) is 11.6 Å². The van der Waals surface area contributed by atoms with Gasteiger partial charge in [0.2, 0.25) is 0 Å². The molecule has 1 N–H and O–H groups in total. The van der Waals surface area contributed by atoms with Crippen LogP contribution in [0.15, 0.2) is 30.3 Å². The van der Waals surface area contributed by atoms with Crippen molar-refractivity contribution in [2.24, 2.45) is 0 Å². The van der Waals surface area contributed by atoms with Gasteiger partial charge in [0, 0.05) is 13.0 Å². The molecule has 1 aliphatic heterocycles. The summed E-state index contributed by atoms with van der Waals surface area (Å²) in [4.78, 5) is 0. The molecular formula is C12H13N3. The number of hydrogen-bond acceptors (Lipinski definition) is 3. The summed E-state index contributed by atoms with van der Waals surface area (Å²) in [6, 6.07) is 10.3. The summed E-state index contributed by atoms with van der Waals surface area (Å²) < 4.78 is 0. The maximum Gasteiger partial charge on any atom is 0.0635 e. The summed E-state index contributed by atoms with van der Waals surface area (Å²) in [5.41, 5.74) is 5.63. The van der Waals surface area contributed by atoms with Crippen LogP contribution in [-0.2, 0) is 0 Å². The highest BCUT2D eigenvalue weighted by molar-refractivity contribution is 5.70. The average Bonchev–Trinajstić information content (AvgIpc) is 2.30. The Bertz CT molecular complexity index is 404. The van der Waals surface area contributed by atoms with E-state index in [0.29, 0.717) is 13.0 Å². The third kappa shape index (κ3) is 2.17. The van der Waals surface area contributed by atoms with Crippen LogP contribution in [0.2, 0.25) is 0 Å². The van der Waals surface area contributed by atoms with Gasteiger partial charge >= 0.3 is 0 Å². The van der Waals surface area contributed by atoms with Crippen molar-refractivity contribution in [1.82, 2.24) is 5.43 Å². The molecule has 0 saturated heterocycles. The molecule has 2 rings (SSSR count). The molecule has 0 unspecified atom stereocenters. The fourth-order valence-corrected chi connectivity index (χ4v) is 1.65. The number of fused-ring (bicyclic) bond motifs is 1. The van der Waals surface area contributed by atoms with Crippen molar-refractivity contribution < 1.29 is 0 Å². The van der Waals surface area contributed by atoms with Gasteiger partial charge in [0.05, 0.1) is 18.3 Å². The van der Waals surface area contributed by atoms with Gasteiger partial charge in [-0.3, -0.25) is 0 Å². The Balaban J connectivity index is 2.09. The van der Waals surface area contributed by atoms with E-state index in [1.165, 1.54) is 11.3 Å². The van der Waals surface area contributed by atoms with E-state index in [9.17, 15) is 0 Å². The van der Waals surface area contributed by atoms with Crippen molar-refractivity contribution in [3.63, 3.8) is 0 Å². The molecule has 1 heterocycles. The van der Waals surface area contributed by atoms with Gasteiger partial charge in [0.25, 0.3) is 0 Å². The second-order valence-electron chi connectivity index (χ2n) is 3.39. The minimum Gasteiger partial charge on any atom is -0.304 e. The first-order valence-corrected chi connectivity index (χ1v) is 5.05. The molecular weight excluding hydrogens is 186 g/mol. The van der Waals surface area contributed by atoms with Crippen LogP contribution in [0, 0.1) is 11.3 Å². The van der Waals surface area contributed by atoms with Crippen LogP contribution in [0.25, 0.3) is 6.08 Å². The Morgan fingerprint density at radius 2 is 2.27 bits per heavy atom. The van der Waals surface area contributed by atoms with E-state index < -0.39 is 0 Å². The second kappa shape index (κ2) is 4.63. The van der Waals surface area contributed by atoms with E-state index in [1.807, 2.05) is 12.1 Å². The number of anilines is 1. The highest BCUT2D eigenvalue weighted by atomic mass is 15.5. The number of para-hydroxylation sites is 1. The van der Waals surface area contributed by atoms with Crippen molar-refractivity contribution in [2.45, 2.75) is 6.42 Å². The zero-order chi connectivity index (χ0) is 10.5. The molecule has 1 aliphatic rings. The Labute approximate surface area is 89.6 Å². The first-order valence-electron chi connectivity index (χ1n) is 5.05. The standard InChI is InChI=1S/C12H13N3/c13-8-4-9-14-15-10-3-6-11-5-1-2-7-12(11)15/h1-3,5-7,14H,4,9-10H2. The summed E-state index contributed by atoms with van der Waals surface area (Å²) in [6.45, 7) is 1.54. The Morgan fingerprint density at radius 1 is 1.40 bits per heavy atom. The Hall–Kier alpha value is -1.79. The summed E-state index contributed by atoms with van der Waals surface area (Å²) >= 11 is 0. The number of benzene rings is 1. The third-order valence-corrected chi connectivity index (χ3v) is 2.35. The number of hydrogen-bond donors (Lipinski definition) is 1. The fourth-order valence-electron chi connectivity index (χ4n) is 1.65. The average molecular weight is 199 g/mol. The first-order chi connectivity index (χ1) is 7.42. The van der Waals surface area contributed by atoms with E-state index in [-0.39, 0.29) is 0 Å². The lowest BCUT2D eigenvalue weighted by Gasteiger charge is -2.28. The largest absolute Gasteiger partial charge is 0.304 e. The number of nitrogens with zero attached hydrogens (tertiary/aromatic N) is 2. The fraction of sp³-hybridized carbons (Fsp3) is 0.250. The lowest BCUT2D eigenvalue weighted by Crippen LogP contribution is -2.40. The van der Waals surface area contributed by atoms with E-state index in [0.717, 1.165) is 6.54 Å². The van der Waals surface area contributed by atoms with Crippen molar-refractivity contribution in [2.75, 3.05) is 18.1 Å². The first kappa shape index (κ1) is 9.75. The van der Waals surface area contributed by atoms with Crippen LogP contribution in [0.5, 0.6) is 0 Å². The van der Waals surface area contributed by atoms with Gasteiger partial charge in [-0.2, -0.15) is 5.26 Å². The SMILES string of the molecule is N#CCCNN1CC=Cc2ccccc21. The van der Waals surface area contributed by atoms with Crippen molar-refractivity contribution in [3.8, 4) is 6.07 Å². The van der Waals surface area contributed by atoms with Gasteiger partial charge < -0.3 is 5.01 Å². The van der Waals surface area contributed by atoms with Crippen LogP contribution in [0.1, 0.15) is 12.0 Å². The zero-order valence-electron chi connectivity index (χ0n) is 8.48. The topological polar surface area (TPSA) is 39.1 Å². The number of nitriles is 1. The lowest BCUT2D eigenvalue weighted by atomic mass is 10.1. The smallest absolute Gasteiger partial charge is 0.0635 e. The van der Waals surface area contributed by atoms with Gasteiger partial charge in [0.15, 0.2) is 0 Å². The molecule has 76 valence electrons. The maximum atomic E-state index is 8.47. The molecule has 0 fully saturated rings. The van der Waals surface area contributed by atoms with Crippen LogP contribution >= 0.6 is 0 Å². The third-order valence-electron chi connectivity index (χ3n) is 2.35. The quantitative estimate of drug-likeness (QED) is 0.756. The van der Waals surface area contributed by atoms with Crippen molar-refractivity contribution >= 4 is 11.8 Å². The van der Waals surface area contributed by atoms with Gasteiger partial charge in [-0.25, -0.2) is 5.43 Å². The molecule has 15 heavy (non-hydrogen) atoms. The van der Waals surface area contributed by atoms with E-state index in [2.05, 4.69) is 40.8 Å². The molecule has 0 atom stereocenters. The van der Waals surface area contributed by atoms with Gasteiger partial charge in [-0.1, -0.05) is 30.4 Å². The van der Waals surface area contributed by atoms with Crippen LogP contribution in [-0.4, -0.2) is 13.1 Å². The summed E-state index contributed by atoms with van der Waals surface area (Å²) in [7, 11) is 0. The van der Waals surface area contributed by atoms with Gasteiger partial charge in [0.1, 0.15) is 0 Å². The molecule has 0 amide bonds. The van der Waals surface area contributed by atoms with E-state index >= 15 is 0 Å². The van der Waals surface area contributed by atoms with Gasteiger partial charge in [-0.15, -0.1) is 0 Å². The minimum atomic E-state index is 0.530. The molecule has 0 radical (unpaired) electrons. The molecule has 0 spiro atoms. The molecule has 0 saturated carbocycles. The Kier molecular flexibility index (Phi) is 3.01.